The number of likely N-dealkylation sites (tertiary alicyclic amines) is 1. The maximum atomic E-state index is 12.3. The topological polar surface area (TPSA) is 29.5 Å². The number of nitrogens with zero attached hydrogens (tertiary/aromatic N) is 1. The highest BCUT2D eigenvalue weighted by atomic mass is 16.5. The van der Waals surface area contributed by atoms with Crippen molar-refractivity contribution in [2.75, 3.05) is 19.8 Å². The lowest BCUT2D eigenvalue weighted by Crippen LogP contribution is -2.43. The van der Waals surface area contributed by atoms with Crippen LogP contribution in [0.4, 0.5) is 0 Å². The molecule has 0 aromatic heterocycles. The third kappa shape index (κ3) is 3.32. The van der Waals surface area contributed by atoms with Crippen LogP contribution < -0.4 is 0 Å². The summed E-state index contributed by atoms with van der Waals surface area (Å²) in [5, 5.41) is 0. The molecule has 0 bridgehead atoms. The summed E-state index contributed by atoms with van der Waals surface area (Å²) in [6, 6.07) is 0.274. The SMILES string of the molecule is C=CC1CCCCN1C(=O)CC1CCOCC1. The van der Waals surface area contributed by atoms with E-state index in [2.05, 4.69) is 6.58 Å². The van der Waals surface area contributed by atoms with Crippen molar-refractivity contribution < 1.29 is 9.53 Å². The van der Waals surface area contributed by atoms with Crippen LogP contribution >= 0.6 is 0 Å². The molecule has 2 aliphatic rings. The van der Waals surface area contributed by atoms with E-state index in [4.69, 9.17) is 4.74 Å². The van der Waals surface area contributed by atoms with Crippen molar-refractivity contribution in [1.82, 2.24) is 4.90 Å². The molecule has 2 saturated heterocycles. The molecular formula is C14H23NO2. The highest BCUT2D eigenvalue weighted by Crippen LogP contribution is 2.23. The molecule has 0 aromatic rings. The van der Waals surface area contributed by atoms with Gasteiger partial charge >= 0.3 is 0 Å². The molecular weight excluding hydrogens is 214 g/mol. The molecule has 2 fully saturated rings. The lowest BCUT2D eigenvalue weighted by atomic mass is 9.94. The van der Waals surface area contributed by atoms with Crippen LogP contribution in [-0.4, -0.2) is 36.6 Å². The Morgan fingerprint density at radius 1 is 1.29 bits per heavy atom. The maximum absolute atomic E-state index is 12.3. The number of piperidine rings is 1. The van der Waals surface area contributed by atoms with Gasteiger partial charge in [0.05, 0.1) is 0 Å². The third-order valence-corrected chi connectivity index (χ3v) is 3.95. The zero-order valence-electron chi connectivity index (χ0n) is 10.6. The Bertz CT molecular complexity index is 271. The number of carbonyl (C=O) groups is 1. The maximum Gasteiger partial charge on any atom is 0.223 e. The molecule has 17 heavy (non-hydrogen) atoms. The number of rotatable bonds is 3. The molecule has 2 aliphatic heterocycles. The summed E-state index contributed by atoms with van der Waals surface area (Å²) < 4.78 is 5.33. The first kappa shape index (κ1) is 12.6. The van der Waals surface area contributed by atoms with Gasteiger partial charge < -0.3 is 9.64 Å². The fourth-order valence-electron chi connectivity index (χ4n) is 2.83. The van der Waals surface area contributed by atoms with E-state index in [9.17, 15) is 4.79 Å². The summed E-state index contributed by atoms with van der Waals surface area (Å²) in [4.78, 5) is 14.3. The van der Waals surface area contributed by atoms with Crippen molar-refractivity contribution in [3.8, 4) is 0 Å². The minimum Gasteiger partial charge on any atom is -0.381 e. The predicted molar refractivity (Wildman–Crippen MR) is 67.7 cm³/mol. The van der Waals surface area contributed by atoms with E-state index in [0.717, 1.165) is 45.4 Å². The summed E-state index contributed by atoms with van der Waals surface area (Å²) >= 11 is 0. The first-order valence-electron chi connectivity index (χ1n) is 6.81. The minimum absolute atomic E-state index is 0.274. The predicted octanol–water partition coefficient (Wildman–Crippen LogP) is 2.37. The minimum atomic E-state index is 0.274. The van der Waals surface area contributed by atoms with Gasteiger partial charge in [-0.15, -0.1) is 6.58 Å². The molecule has 1 atom stereocenters. The largest absolute Gasteiger partial charge is 0.381 e. The number of carbonyl (C=O) groups excluding carboxylic acids is 1. The van der Waals surface area contributed by atoms with Crippen molar-refractivity contribution in [1.29, 1.82) is 0 Å². The van der Waals surface area contributed by atoms with Crippen LogP contribution in [-0.2, 0) is 9.53 Å². The highest BCUT2D eigenvalue weighted by Gasteiger charge is 2.26. The molecule has 0 N–H and O–H groups in total. The molecule has 0 saturated carbocycles. The van der Waals surface area contributed by atoms with Gasteiger partial charge in [-0.1, -0.05) is 6.08 Å². The van der Waals surface area contributed by atoms with Gasteiger partial charge in [-0.2, -0.15) is 0 Å². The Kier molecular flexibility index (Phi) is 4.60. The van der Waals surface area contributed by atoms with E-state index >= 15 is 0 Å². The van der Waals surface area contributed by atoms with Crippen molar-refractivity contribution in [2.45, 2.75) is 44.6 Å². The lowest BCUT2D eigenvalue weighted by molar-refractivity contribution is -0.135. The van der Waals surface area contributed by atoms with Crippen molar-refractivity contribution in [3.05, 3.63) is 12.7 Å². The molecule has 3 nitrogen and oxygen atoms in total. The van der Waals surface area contributed by atoms with Gasteiger partial charge in [0.2, 0.25) is 5.91 Å². The molecule has 0 aliphatic carbocycles. The standard InChI is InChI=1S/C14H23NO2/c1-2-13-5-3-4-8-15(13)14(16)11-12-6-9-17-10-7-12/h2,12-13H,1,3-11H2. The van der Waals surface area contributed by atoms with Crippen LogP contribution in [0.1, 0.15) is 38.5 Å². The zero-order chi connectivity index (χ0) is 12.1. The van der Waals surface area contributed by atoms with Crippen molar-refractivity contribution in [2.24, 2.45) is 5.92 Å². The number of hydrogen-bond donors (Lipinski definition) is 0. The summed E-state index contributed by atoms with van der Waals surface area (Å²) in [7, 11) is 0. The van der Waals surface area contributed by atoms with Crippen molar-refractivity contribution in [3.63, 3.8) is 0 Å². The average molecular weight is 237 g/mol. The number of ether oxygens (including phenoxy) is 1. The second-order valence-corrected chi connectivity index (χ2v) is 5.15. The Balaban J connectivity index is 1.86. The van der Waals surface area contributed by atoms with Gasteiger partial charge in [0, 0.05) is 32.2 Å². The summed E-state index contributed by atoms with van der Waals surface area (Å²) in [6.45, 7) is 6.41. The molecule has 3 heteroatoms. The highest BCUT2D eigenvalue weighted by molar-refractivity contribution is 5.77. The Labute approximate surface area is 104 Å². The van der Waals surface area contributed by atoms with E-state index in [1.807, 2.05) is 11.0 Å². The molecule has 1 unspecified atom stereocenters. The fourth-order valence-corrected chi connectivity index (χ4v) is 2.83. The summed E-state index contributed by atoms with van der Waals surface area (Å²) in [6.07, 6.45) is 8.16. The van der Waals surface area contributed by atoms with Crippen LogP contribution in [0, 0.1) is 5.92 Å². The van der Waals surface area contributed by atoms with E-state index in [1.165, 1.54) is 6.42 Å². The smallest absolute Gasteiger partial charge is 0.223 e. The fraction of sp³-hybridized carbons (Fsp3) is 0.786. The molecule has 0 radical (unpaired) electrons. The van der Waals surface area contributed by atoms with Gasteiger partial charge in [0.25, 0.3) is 0 Å². The van der Waals surface area contributed by atoms with Gasteiger partial charge in [-0.05, 0) is 38.0 Å². The Morgan fingerprint density at radius 3 is 2.76 bits per heavy atom. The van der Waals surface area contributed by atoms with Gasteiger partial charge in [-0.25, -0.2) is 0 Å². The normalized spacial score (nSPS) is 26.8. The number of amides is 1. The quantitative estimate of drug-likeness (QED) is 0.705. The molecule has 0 aromatic carbocycles. The lowest BCUT2D eigenvalue weighted by Gasteiger charge is -2.35. The van der Waals surface area contributed by atoms with Gasteiger partial charge in [0.1, 0.15) is 0 Å². The second kappa shape index (κ2) is 6.20. The third-order valence-electron chi connectivity index (χ3n) is 3.95. The summed E-state index contributed by atoms with van der Waals surface area (Å²) in [5.74, 6) is 0.852. The molecule has 96 valence electrons. The monoisotopic (exact) mass is 237 g/mol. The first-order chi connectivity index (χ1) is 8.31. The molecule has 2 heterocycles. The van der Waals surface area contributed by atoms with E-state index in [-0.39, 0.29) is 6.04 Å². The molecule has 0 spiro atoms. The van der Waals surface area contributed by atoms with E-state index < -0.39 is 0 Å². The van der Waals surface area contributed by atoms with Crippen LogP contribution in [0.5, 0.6) is 0 Å². The number of hydrogen-bond acceptors (Lipinski definition) is 2. The van der Waals surface area contributed by atoms with E-state index in [1.54, 1.807) is 0 Å². The van der Waals surface area contributed by atoms with Gasteiger partial charge in [-0.3, -0.25) is 4.79 Å². The Hall–Kier alpha value is -0.830. The summed E-state index contributed by atoms with van der Waals surface area (Å²) in [5.41, 5.74) is 0. The van der Waals surface area contributed by atoms with Crippen LogP contribution in [0.3, 0.4) is 0 Å². The van der Waals surface area contributed by atoms with E-state index in [0.29, 0.717) is 18.2 Å². The molecule has 2 rings (SSSR count). The second-order valence-electron chi connectivity index (χ2n) is 5.15. The van der Waals surface area contributed by atoms with Crippen LogP contribution in [0.15, 0.2) is 12.7 Å². The Morgan fingerprint density at radius 2 is 2.06 bits per heavy atom. The zero-order valence-corrected chi connectivity index (χ0v) is 10.6. The van der Waals surface area contributed by atoms with Crippen LogP contribution in [0.25, 0.3) is 0 Å². The van der Waals surface area contributed by atoms with Crippen molar-refractivity contribution >= 4 is 5.91 Å². The van der Waals surface area contributed by atoms with Crippen LogP contribution in [0.2, 0.25) is 0 Å². The first-order valence-corrected chi connectivity index (χ1v) is 6.81. The van der Waals surface area contributed by atoms with Gasteiger partial charge in [0.15, 0.2) is 0 Å². The molecule has 1 amide bonds. The average Bonchev–Trinajstić information content (AvgIpc) is 2.40.